The highest BCUT2D eigenvalue weighted by Gasteiger charge is 2.15. The summed E-state index contributed by atoms with van der Waals surface area (Å²) in [6, 6.07) is 22.9. The van der Waals surface area contributed by atoms with Crippen LogP contribution in [0.15, 0.2) is 101 Å². The summed E-state index contributed by atoms with van der Waals surface area (Å²) < 4.78 is 0. The molecule has 0 bridgehead atoms. The Hall–Kier alpha value is -4.07. The third kappa shape index (κ3) is 6.25. The van der Waals surface area contributed by atoms with E-state index in [1.807, 2.05) is 41.1 Å². The minimum absolute atomic E-state index is 0.121. The number of allylic oxidation sites excluding steroid dienone is 1. The average molecular weight is 485 g/mol. The molecule has 2 amide bonds. The number of carbonyl (C=O) groups excluding carboxylic acids is 3. The summed E-state index contributed by atoms with van der Waals surface area (Å²) in [6.07, 6.45) is 4.94. The van der Waals surface area contributed by atoms with Crippen LogP contribution in [0.3, 0.4) is 0 Å². The van der Waals surface area contributed by atoms with Crippen LogP contribution in [0.25, 0.3) is 12.2 Å². The van der Waals surface area contributed by atoms with Crippen LogP contribution in [-0.2, 0) is 4.79 Å². The average Bonchev–Trinajstić information content (AvgIpc) is 3.57. The normalized spacial score (nSPS) is 11.4. The van der Waals surface area contributed by atoms with Crippen molar-refractivity contribution in [3.8, 4) is 0 Å². The number of nitrogens with one attached hydrogen (secondary N) is 2. The molecule has 5 nitrogen and oxygen atoms in total. The highest BCUT2D eigenvalue weighted by molar-refractivity contribution is 7.11. The molecule has 168 valence electrons. The Balaban J connectivity index is 1.46. The van der Waals surface area contributed by atoms with Gasteiger partial charge in [-0.3, -0.25) is 14.4 Å². The van der Waals surface area contributed by atoms with Crippen LogP contribution in [0.5, 0.6) is 0 Å². The summed E-state index contributed by atoms with van der Waals surface area (Å²) in [5.41, 5.74) is 1.59. The molecule has 0 aliphatic carbocycles. The van der Waals surface area contributed by atoms with Crippen LogP contribution in [-0.4, -0.2) is 17.6 Å². The number of hydrogen-bond donors (Lipinski definition) is 2. The standard InChI is InChI=1S/C27H20N2O3S2/c30-25(15-14-22-8-4-16-33-22)19-10-12-21(13-11-19)28-27(32)24(18-23-9-5-17-34-23)29-26(31)20-6-2-1-3-7-20/h1-18H,(H,28,32)(H,29,31)/b15-14+,24-18-. The van der Waals surface area contributed by atoms with Crippen molar-refractivity contribution in [1.82, 2.24) is 5.32 Å². The molecule has 0 aliphatic heterocycles. The molecule has 0 unspecified atom stereocenters. The lowest BCUT2D eigenvalue weighted by Gasteiger charge is -2.11. The smallest absolute Gasteiger partial charge is 0.272 e. The second-order valence-electron chi connectivity index (χ2n) is 7.14. The SMILES string of the molecule is O=C(Nc1ccc(C(=O)/C=C/c2cccs2)cc1)/C(=C/c1cccs1)NC(=O)c1ccccc1. The molecule has 7 heteroatoms. The lowest BCUT2D eigenvalue weighted by atomic mass is 10.1. The van der Waals surface area contributed by atoms with E-state index in [0.29, 0.717) is 16.8 Å². The van der Waals surface area contributed by atoms with E-state index in [0.717, 1.165) is 9.75 Å². The number of benzene rings is 2. The second kappa shape index (κ2) is 11.2. The molecule has 4 aromatic rings. The zero-order valence-electron chi connectivity index (χ0n) is 17.9. The molecule has 0 atom stereocenters. The maximum Gasteiger partial charge on any atom is 0.272 e. The molecule has 4 rings (SSSR count). The lowest BCUT2D eigenvalue weighted by molar-refractivity contribution is -0.113. The van der Waals surface area contributed by atoms with E-state index in [-0.39, 0.29) is 17.4 Å². The van der Waals surface area contributed by atoms with E-state index >= 15 is 0 Å². The van der Waals surface area contributed by atoms with Crippen molar-refractivity contribution in [2.45, 2.75) is 0 Å². The van der Waals surface area contributed by atoms with Crippen molar-refractivity contribution in [2.24, 2.45) is 0 Å². The topological polar surface area (TPSA) is 75.3 Å². The molecule has 0 saturated heterocycles. The minimum atomic E-state index is -0.464. The summed E-state index contributed by atoms with van der Waals surface area (Å²) in [5, 5.41) is 9.33. The Morgan fingerprint density at radius 2 is 1.38 bits per heavy atom. The van der Waals surface area contributed by atoms with Crippen molar-refractivity contribution >= 4 is 58.1 Å². The summed E-state index contributed by atoms with van der Waals surface area (Å²) >= 11 is 3.01. The Labute approximate surface area is 205 Å². The monoisotopic (exact) mass is 484 g/mol. The molecule has 0 aliphatic rings. The van der Waals surface area contributed by atoms with Crippen LogP contribution < -0.4 is 10.6 Å². The number of ketones is 1. The molecule has 0 spiro atoms. The van der Waals surface area contributed by atoms with Gasteiger partial charge in [-0.15, -0.1) is 22.7 Å². The van der Waals surface area contributed by atoms with Crippen LogP contribution >= 0.6 is 22.7 Å². The first-order valence-corrected chi connectivity index (χ1v) is 12.1. The number of carbonyl (C=O) groups is 3. The van der Waals surface area contributed by atoms with Crippen molar-refractivity contribution in [1.29, 1.82) is 0 Å². The first kappa shape index (κ1) is 23.1. The van der Waals surface area contributed by atoms with Crippen LogP contribution in [0.4, 0.5) is 5.69 Å². The van der Waals surface area contributed by atoms with Gasteiger partial charge in [-0.2, -0.15) is 0 Å². The van der Waals surface area contributed by atoms with Crippen LogP contribution in [0, 0.1) is 0 Å². The Kier molecular flexibility index (Phi) is 7.60. The molecule has 2 aromatic heterocycles. The highest BCUT2D eigenvalue weighted by Crippen LogP contribution is 2.17. The predicted octanol–water partition coefficient (Wildman–Crippen LogP) is 6.12. The Morgan fingerprint density at radius 1 is 0.706 bits per heavy atom. The Morgan fingerprint density at radius 3 is 2.03 bits per heavy atom. The fourth-order valence-corrected chi connectivity index (χ4v) is 4.29. The van der Waals surface area contributed by atoms with Gasteiger partial charge >= 0.3 is 0 Å². The van der Waals surface area contributed by atoms with Crippen LogP contribution in [0.1, 0.15) is 30.5 Å². The van der Waals surface area contributed by atoms with Crippen molar-refractivity contribution in [3.63, 3.8) is 0 Å². The number of thiophene rings is 2. The van der Waals surface area contributed by atoms with E-state index in [2.05, 4.69) is 10.6 Å². The number of rotatable bonds is 8. The number of amides is 2. The molecule has 2 heterocycles. The summed E-state index contributed by atoms with van der Waals surface area (Å²) in [6.45, 7) is 0. The maximum atomic E-state index is 13.0. The maximum absolute atomic E-state index is 13.0. The summed E-state index contributed by atoms with van der Waals surface area (Å²) in [5.74, 6) is -0.967. The largest absolute Gasteiger partial charge is 0.321 e. The second-order valence-corrected chi connectivity index (χ2v) is 9.10. The molecule has 0 radical (unpaired) electrons. The molecule has 34 heavy (non-hydrogen) atoms. The van der Waals surface area contributed by atoms with Crippen molar-refractivity contribution < 1.29 is 14.4 Å². The van der Waals surface area contributed by atoms with Gasteiger partial charge in [-0.05, 0) is 77.5 Å². The number of anilines is 1. The van der Waals surface area contributed by atoms with E-state index in [4.69, 9.17) is 0 Å². The van der Waals surface area contributed by atoms with Crippen molar-refractivity contribution in [2.75, 3.05) is 5.32 Å². The van der Waals surface area contributed by atoms with Gasteiger partial charge in [0.1, 0.15) is 5.70 Å². The van der Waals surface area contributed by atoms with E-state index in [1.165, 1.54) is 17.4 Å². The number of hydrogen-bond acceptors (Lipinski definition) is 5. The van der Waals surface area contributed by atoms with Gasteiger partial charge in [0.15, 0.2) is 5.78 Å². The first-order chi connectivity index (χ1) is 16.6. The van der Waals surface area contributed by atoms with E-state index in [1.54, 1.807) is 72.0 Å². The fourth-order valence-electron chi connectivity index (χ4n) is 3.01. The molecule has 2 N–H and O–H groups in total. The molecule has 0 fully saturated rings. The third-order valence-corrected chi connectivity index (χ3v) is 6.38. The molecular weight excluding hydrogens is 464 g/mol. The van der Waals surface area contributed by atoms with E-state index < -0.39 is 5.91 Å². The fraction of sp³-hybridized carbons (Fsp3) is 0. The summed E-state index contributed by atoms with van der Waals surface area (Å²) in [7, 11) is 0. The van der Waals surface area contributed by atoms with Gasteiger partial charge in [0, 0.05) is 26.6 Å². The quantitative estimate of drug-likeness (QED) is 0.234. The lowest BCUT2D eigenvalue weighted by Crippen LogP contribution is -2.30. The zero-order valence-corrected chi connectivity index (χ0v) is 19.6. The minimum Gasteiger partial charge on any atom is -0.321 e. The molecule has 0 saturated carbocycles. The van der Waals surface area contributed by atoms with Gasteiger partial charge in [0.2, 0.25) is 0 Å². The third-order valence-electron chi connectivity index (χ3n) is 4.73. The van der Waals surface area contributed by atoms with Gasteiger partial charge < -0.3 is 10.6 Å². The molecular formula is C27H20N2O3S2. The van der Waals surface area contributed by atoms with Gasteiger partial charge in [0.05, 0.1) is 0 Å². The Bertz CT molecular complexity index is 1320. The van der Waals surface area contributed by atoms with Crippen LogP contribution in [0.2, 0.25) is 0 Å². The van der Waals surface area contributed by atoms with Gasteiger partial charge in [-0.1, -0.05) is 30.3 Å². The van der Waals surface area contributed by atoms with E-state index in [9.17, 15) is 14.4 Å². The zero-order chi connectivity index (χ0) is 23.8. The first-order valence-electron chi connectivity index (χ1n) is 10.4. The highest BCUT2D eigenvalue weighted by atomic mass is 32.1. The predicted molar refractivity (Wildman–Crippen MR) is 139 cm³/mol. The van der Waals surface area contributed by atoms with Crippen molar-refractivity contribution in [3.05, 3.63) is 122 Å². The summed E-state index contributed by atoms with van der Waals surface area (Å²) in [4.78, 5) is 39.8. The van der Waals surface area contributed by atoms with Gasteiger partial charge in [-0.25, -0.2) is 0 Å². The van der Waals surface area contributed by atoms with Gasteiger partial charge in [0.25, 0.3) is 11.8 Å². The molecule has 2 aromatic carbocycles.